The van der Waals surface area contributed by atoms with Gasteiger partial charge in [0.05, 0.1) is 12.7 Å². The van der Waals surface area contributed by atoms with Crippen LogP contribution in [0.15, 0.2) is 36.5 Å². The van der Waals surface area contributed by atoms with E-state index in [1.54, 1.807) is 25.1 Å². The van der Waals surface area contributed by atoms with Crippen LogP contribution in [0, 0.1) is 19.1 Å². The molecule has 0 saturated carbocycles. The van der Waals surface area contributed by atoms with Gasteiger partial charge in [0.25, 0.3) is 0 Å². The van der Waals surface area contributed by atoms with Gasteiger partial charge in [-0.25, -0.2) is 4.79 Å². The molecule has 2 rings (SSSR count). The quantitative estimate of drug-likeness (QED) is 0.471. The molecule has 0 aliphatic heterocycles. The zero-order valence-electron chi connectivity index (χ0n) is 11.1. The van der Waals surface area contributed by atoms with Gasteiger partial charge in [0.15, 0.2) is 11.9 Å². The van der Waals surface area contributed by atoms with E-state index in [0.29, 0.717) is 11.3 Å². The van der Waals surface area contributed by atoms with Crippen molar-refractivity contribution < 1.29 is 14.3 Å². The molecular weight excluding hydrogens is 242 g/mol. The molecule has 0 fully saturated rings. The minimum atomic E-state index is -0.357. The molecule has 2 aromatic rings. The van der Waals surface area contributed by atoms with Gasteiger partial charge in [0.2, 0.25) is 0 Å². The first kappa shape index (κ1) is 13.1. The molecule has 0 unspecified atom stereocenters. The molecule has 0 saturated heterocycles. The van der Waals surface area contributed by atoms with Crippen molar-refractivity contribution in [1.82, 2.24) is 0 Å². The first-order chi connectivity index (χ1) is 9.04. The highest BCUT2D eigenvalue weighted by atomic mass is 16.5. The summed E-state index contributed by atoms with van der Waals surface area (Å²) in [6.45, 7) is 3.70. The number of benzene rings is 1. The first-order valence-electron chi connectivity index (χ1n) is 5.92. The second-order valence-corrected chi connectivity index (χ2v) is 4.33. The zero-order chi connectivity index (χ0) is 14.0. The summed E-state index contributed by atoms with van der Waals surface area (Å²) in [6.07, 6.45) is 1.49. The van der Waals surface area contributed by atoms with Crippen molar-refractivity contribution in [2.45, 2.75) is 13.8 Å². The highest BCUT2D eigenvalue weighted by Gasteiger charge is 2.11. The van der Waals surface area contributed by atoms with E-state index in [4.69, 9.17) is 0 Å². The molecule has 4 heteroatoms. The maximum Gasteiger partial charge on any atom is 0.337 e. The van der Waals surface area contributed by atoms with E-state index in [0.717, 1.165) is 21.4 Å². The fourth-order valence-corrected chi connectivity index (χ4v) is 1.96. The van der Waals surface area contributed by atoms with E-state index in [2.05, 4.69) is 4.74 Å². The highest BCUT2D eigenvalue weighted by Crippen LogP contribution is 2.24. The molecule has 0 amide bonds. The van der Waals surface area contributed by atoms with Crippen molar-refractivity contribution in [3.63, 3.8) is 0 Å². The maximum absolute atomic E-state index is 11.5. The van der Waals surface area contributed by atoms with Gasteiger partial charge in [-0.3, -0.25) is 0 Å². The predicted molar refractivity (Wildman–Crippen MR) is 71.7 cm³/mol. The van der Waals surface area contributed by atoms with Crippen molar-refractivity contribution in [2.75, 3.05) is 7.11 Å². The standard InChI is InChI=1S/C15H15NO3/c1-10-11(2)16(18)9-8-14(10)12-4-6-13(7-5-12)15(17)19-3/h4-9H,1-3H3. The Labute approximate surface area is 111 Å². The van der Waals surface area contributed by atoms with Gasteiger partial charge < -0.3 is 9.94 Å². The molecule has 0 atom stereocenters. The van der Waals surface area contributed by atoms with E-state index in [1.807, 2.05) is 19.1 Å². The molecule has 1 aromatic heterocycles. The smallest absolute Gasteiger partial charge is 0.337 e. The van der Waals surface area contributed by atoms with Crippen LogP contribution in [-0.2, 0) is 4.74 Å². The van der Waals surface area contributed by atoms with E-state index in [9.17, 15) is 10.0 Å². The van der Waals surface area contributed by atoms with Crippen LogP contribution in [0.25, 0.3) is 11.1 Å². The normalized spacial score (nSPS) is 10.3. The summed E-state index contributed by atoms with van der Waals surface area (Å²) < 4.78 is 5.51. The number of nitrogens with zero attached hydrogens (tertiary/aromatic N) is 1. The molecule has 4 nitrogen and oxygen atoms in total. The van der Waals surface area contributed by atoms with Gasteiger partial charge in [-0.15, -0.1) is 0 Å². The average molecular weight is 257 g/mol. The lowest BCUT2D eigenvalue weighted by molar-refractivity contribution is -0.612. The van der Waals surface area contributed by atoms with Crippen LogP contribution in [0.2, 0.25) is 0 Å². The Kier molecular flexibility index (Phi) is 3.51. The van der Waals surface area contributed by atoms with Crippen LogP contribution in [0.3, 0.4) is 0 Å². The second kappa shape index (κ2) is 5.10. The van der Waals surface area contributed by atoms with Gasteiger partial charge in [-0.05, 0) is 30.2 Å². The Morgan fingerprint density at radius 1 is 1.16 bits per heavy atom. The van der Waals surface area contributed by atoms with Crippen molar-refractivity contribution in [2.24, 2.45) is 0 Å². The van der Waals surface area contributed by atoms with Crippen molar-refractivity contribution in [3.8, 4) is 11.1 Å². The topological polar surface area (TPSA) is 53.2 Å². The zero-order valence-corrected chi connectivity index (χ0v) is 11.1. The minimum absolute atomic E-state index is 0.357. The molecule has 98 valence electrons. The van der Waals surface area contributed by atoms with Crippen LogP contribution in [0.1, 0.15) is 21.6 Å². The summed E-state index contributed by atoms with van der Waals surface area (Å²) in [6, 6.07) is 8.91. The molecule has 0 aliphatic carbocycles. The molecule has 0 bridgehead atoms. The fourth-order valence-electron chi connectivity index (χ4n) is 1.96. The van der Waals surface area contributed by atoms with Gasteiger partial charge >= 0.3 is 5.97 Å². The second-order valence-electron chi connectivity index (χ2n) is 4.33. The Hall–Kier alpha value is -2.36. The van der Waals surface area contributed by atoms with Gasteiger partial charge in [-0.1, -0.05) is 12.1 Å². The number of methoxy groups -OCH3 is 1. The summed E-state index contributed by atoms with van der Waals surface area (Å²) >= 11 is 0. The van der Waals surface area contributed by atoms with E-state index >= 15 is 0 Å². The predicted octanol–water partition coefficient (Wildman–Crippen LogP) is 2.39. The summed E-state index contributed by atoms with van der Waals surface area (Å²) in [5.74, 6) is -0.357. The summed E-state index contributed by atoms with van der Waals surface area (Å²) in [7, 11) is 1.36. The Balaban J connectivity index is 2.43. The van der Waals surface area contributed by atoms with Crippen LogP contribution < -0.4 is 4.73 Å². The van der Waals surface area contributed by atoms with Gasteiger partial charge in [-0.2, -0.15) is 4.73 Å². The molecule has 0 N–H and O–H groups in total. The monoisotopic (exact) mass is 257 g/mol. The van der Waals surface area contributed by atoms with Gasteiger partial charge in [0, 0.05) is 18.6 Å². The maximum atomic E-state index is 11.5. The number of carbonyl (C=O) groups excluding carboxylic acids is 1. The fraction of sp³-hybridized carbons (Fsp3) is 0.200. The summed E-state index contributed by atoms with van der Waals surface area (Å²) in [5.41, 5.74) is 4.07. The van der Waals surface area contributed by atoms with E-state index in [1.165, 1.54) is 13.3 Å². The Morgan fingerprint density at radius 2 is 1.79 bits per heavy atom. The highest BCUT2D eigenvalue weighted by molar-refractivity contribution is 5.90. The third-order valence-electron chi connectivity index (χ3n) is 3.27. The lowest BCUT2D eigenvalue weighted by Gasteiger charge is -2.09. The molecule has 0 spiro atoms. The van der Waals surface area contributed by atoms with Crippen molar-refractivity contribution in [3.05, 3.63) is 58.6 Å². The van der Waals surface area contributed by atoms with Crippen molar-refractivity contribution in [1.29, 1.82) is 0 Å². The van der Waals surface area contributed by atoms with Crippen LogP contribution >= 0.6 is 0 Å². The van der Waals surface area contributed by atoms with Gasteiger partial charge in [0.1, 0.15) is 0 Å². The van der Waals surface area contributed by atoms with E-state index < -0.39 is 0 Å². The Bertz CT molecular complexity index is 618. The van der Waals surface area contributed by atoms with Crippen LogP contribution in [0.5, 0.6) is 0 Å². The number of hydrogen-bond acceptors (Lipinski definition) is 3. The number of aromatic nitrogens is 1. The third kappa shape index (κ3) is 2.42. The number of esters is 1. The number of hydrogen-bond donors (Lipinski definition) is 0. The van der Waals surface area contributed by atoms with Crippen LogP contribution in [0.4, 0.5) is 0 Å². The third-order valence-corrected chi connectivity index (χ3v) is 3.27. The number of pyridine rings is 1. The average Bonchev–Trinajstić information content (AvgIpc) is 2.44. The molecule has 0 radical (unpaired) electrons. The van der Waals surface area contributed by atoms with E-state index in [-0.39, 0.29) is 5.97 Å². The van der Waals surface area contributed by atoms with Crippen LogP contribution in [-0.4, -0.2) is 13.1 Å². The molecule has 1 aromatic carbocycles. The largest absolute Gasteiger partial charge is 0.619 e. The minimum Gasteiger partial charge on any atom is -0.619 e. The Morgan fingerprint density at radius 3 is 2.37 bits per heavy atom. The molecule has 19 heavy (non-hydrogen) atoms. The molecule has 0 aliphatic rings. The summed E-state index contributed by atoms with van der Waals surface area (Å²) in [4.78, 5) is 11.4. The first-order valence-corrected chi connectivity index (χ1v) is 5.92. The SMILES string of the molecule is COC(=O)c1ccc(-c2cc[n+]([O-])c(C)c2C)cc1. The summed E-state index contributed by atoms with van der Waals surface area (Å²) in [5, 5.41) is 11.5. The molecular formula is C15H15NO3. The lowest BCUT2D eigenvalue weighted by atomic mass is 9.99. The number of carbonyl (C=O) groups is 1. The number of ether oxygens (including phenoxy) is 1. The van der Waals surface area contributed by atoms with Crippen molar-refractivity contribution >= 4 is 5.97 Å². The lowest BCUT2D eigenvalue weighted by Crippen LogP contribution is -2.30. The number of rotatable bonds is 2. The molecule has 1 heterocycles.